The van der Waals surface area contributed by atoms with Crippen LogP contribution in [0, 0.1) is 0 Å². The van der Waals surface area contributed by atoms with Crippen LogP contribution in [0.1, 0.15) is 32.1 Å². The standard InChI is InChI=1S/C7H12ClNO2/c8-9-7(6(10)11)4-2-1-3-5-7/h9H,1-5H2,(H,10,11). The van der Waals surface area contributed by atoms with Crippen LogP contribution in [0.3, 0.4) is 0 Å². The fourth-order valence-corrected chi connectivity index (χ4v) is 1.77. The summed E-state index contributed by atoms with van der Waals surface area (Å²) >= 11 is 5.40. The summed E-state index contributed by atoms with van der Waals surface area (Å²) in [6.45, 7) is 0. The molecule has 1 rings (SSSR count). The zero-order valence-corrected chi connectivity index (χ0v) is 7.02. The van der Waals surface area contributed by atoms with E-state index >= 15 is 0 Å². The van der Waals surface area contributed by atoms with E-state index in [1.54, 1.807) is 0 Å². The van der Waals surface area contributed by atoms with Crippen LogP contribution in [0.15, 0.2) is 0 Å². The fourth-order valence-electron chi connectivity index (χ4n) is 1.50. The van der Waals surface area contributed by atoms with Gasteiger partial charge in [-0.3, -0.25) is 4.79 Å². The molecule has 64 valence electrons. The summed E-state index contributed by atoms with van der Waals surface area (Å²) in [6, 6.07) is 0. The van der Waals surface area contributed by atoms with E-state index in [1.807, 2.05) is 0 Å². The highest BCUT2D eigenvalue weighted by atomic mass is 35.5. The van der Waals surface area contributed by atoms with Crippen molar-refractivity contribution in [2.75, 3.05) is 0 Å². The molecule has 0 aromatic carbocycles. The lowest BCUT2D eigenvalue weighted by Crippen LogP contribution is -2.49. The molecule has 0 aliphatic heterocycles. The van der Waals surface area contributed by atoms with Crippen LogP contribution >= 0.6 is 11.8 Å². The number of hydrogen-bond acceptors (Lipinski definition) is 2. The molecule has 1 aliphatic carbocycles. The van der Waals surface area contributed by atoms with Crippen molar-refractivity contribution in [2.45, 2.75) is 37.6 Å². The maximum absolute atomic E-state index is 10.8. The summed E-state index contributed by atoms with van der Waals surface area (Å²) in [4.78, 5) is 13.1. The van der Waals surface area contributed by atoms with Crippen molar-refractivity contribution < 1.29 is 9.90 Å². The van der Waals surface area contributed by atoms with Crippen LogP contribution in [0.2, 0.25) is 0 Å². The van der Waals surface area contributed by atoms with E-state index in [4.69, 9.17) is 16.9 Å². The molecule has 0 bridgehead atoms. The molecule has 4 heteroatoms. The van der Waals surface area contributed by atoms with E-state index in [0.717, 1.165) is 19.3 Å². The monoisotopic (exact) mass is 177 g/mol. The van der Waals surface area contributed by atoms with Crippen molar-refractivity contribution in [3.63, 3.8) is 0 Å². The van der Waals surface area contributed by atoms with Gasteiger partial charge in [0.25, 0.3) is 0 Å². The maximum Gasteiger partial charge on any atom is 0.325 e. The Bertz CT molecular complexity index is 155. The summed E-state index contributed by atoms with van der Waals surface area (Å²) < 4.78 is 0. The minimum Gasteiger partial charge on any atom is -0.480 e. The minimum atomic E-state index is -0.847. The zero-order valence-electron chi connectivity index (χ0n) is 6.27. The van der Waals surface area contributed by atoms with Crippen molar-refractivity contribution in [2.24, 2.45) is 0 Å². The van der Waals surface area contributed by atoms with E-state index in [2.05, 4.69) is 4.84 Å². The molecule has 0 heterocycles. The van der Waals surface area contributed by atoms with Crippen molar-refractivity contribution in [1.29, 1.82) is 0 Å². The van der Waals surface area contributed by atoms with E-state index in [-0.39, 0.29) is 0 Å². The quantitative estimate of drug-likeness (QED) is 0.629. The SMILES string of the molecule is O=C(O)C1(NCl)CCCCC1. The van der Waals surface area contributed by atoms with Crippen LogP contribution < -0.4 is 4.84 Å². The lowest BCUT2D eigenvalue weighted by molar-refractivity contribution is -0.145. The summed E-state index contributed by atoms with van der Waals surface area (Å²) in [7, 11) is 0. The van der Waals surface area contributed by atoms with Crippen LogP contribution in [0.5, 0.6) is 0 Å². The molecule has 0 aromatic heterocycles. The van der Waals surface area contributed by atoms with Crippen LogP contribution in [0.4, 0.5) is 0 Å². The Labute approximate surface area is 70.8 Å². The van der Waals surface area contributed by atoms with Crippen LogP contribution in [-0.4, -0.2) is 16.6 Å². The summed E-state index contributed by atoms with van der Waals surface area (Å²) in [5.41, 5.74) is -0.847. The first-order valence-corrected chi connectivity index (χ1v) is 4.20. The summed E-state index contributed by atoms with van der Waals surface area (Å²) in [5, 5.41) is 8.84. The van der Waals surface area contributed by atoms with Gasteiger partial charge < -0.3 is 5.11 Å². The van der Waals surface area contributed by atoms with Gasteiger partial charge in [-0.15, -0.1) is 0 Å². The highest BCUT2D eigenvalue weighted by Gasteiger charge is 2.38. The van der Waals surface area contributed by atoms with E-state index in [9.17, 15) is 4.79 Å². The molecular formula is C7H12ClNO2. The van der Waals surface area contributed by atoms with Crippen molar-refractivity contribution in [3.05, 3.63) is 0 Å². The number of halogens is 1. The Morgan fingerprint density at radius 2 is 1.91 bits per heavy atom. The predicted octanol–water partition coefficient (Wildman–Crippen LogP) is 1.52. The lowest BCUT2D eigenvalue weighted by Gasteiger charge is -2.31. The molecule has 0 unspecified atom stereocenters. The summed E-state index contributed by atoms with van der Waals surface area (Å²) in [5.74, 6) is -0.827. The Hall–Kier alpha value is -0.280. The first-order chi connectivity index (χ1) is 5.21. The predicted molar refractivity (Wildman–Crippen MR) is 42.4 cm³/mol. The van der Waals surface area contributed by atoms with Gasteiger partial charge in [-0.05, 0) is 24.6 Å². The van der Waals surface area contributed by atoms with Crippen molar-refractivity contribution in [3.8, 4) is 0 Å². The van der Waals surface area contributed by atoms with Gasteiger partial charge >= 0.3 is 5.97 Å². The Kier molecular flexibility index (Phi) is 2.73. The molecule has 1 saturated carbocycles. The van der Waals surface area contributed by atoms with E-state index < -0.39 is 11.5 Å². The molecule has 2 N–H and O–H groups in total. The average molecular weight is 178 g/mol. The third-order valence-electron chi connectivity index (χ3n) is 2.30. The van der Waals surface area contributed by atoms with Gasteiger partial charge in [0.15, 0.2) is 0 Å². The number of carboxylic acid groups (broad SMARTS) is 1. The number of nitrogens with one attached hydrogen (secondary N) is 1. The lowest BCUT2D eigenvalue weighted by atomic mass is 9.83. The molecule has 11 heavy (non-hydrogen) atoms. The molecule has 0 radical (unpaired) electrons. The number of hydrogen-bond donors (Lipinski definition) is 2. The van der Waals surface area contributed by atoms with Gasteiger partial charge in [0.05, 0.1) is 0 Å². The molecule has 0 saturated heterocycles. The average Bonchev–Trinajstić information content (AvgIpc) is 2.05. The zero-order chi connectivity index (χ0) is 8.32. The highest BCUT2D eigenvalue weighted by Crippen LogP contribution is 2.28. The van der Waals surface area contributed by atoms with Crippen molar-refractivity contribution in [1.82, 2.24) is 4.84 Å². The molecular weight excluding hydrogens is 166 g/mol. The highest BCUT2D eigenvalue weighted by molar-refractivity contribution is 6.15. The van der Waals surface area contributed by atoms with E-state index in [1.165, 1.54) is 0 Å². The number of rotatable bonds is 2. The first kappa shape index (κ1) is 8.81. The molecule has 3 nitrogen and oxygen atoms in total. The van der Waals surface area contributed by atoms with Gasteiger partial charge in [-0.2, -0.15) is 0 Å². The van der Waals surface area contributed by atoms with Gasteiger partial charge in [0.2, 0.25) is 0 Å². The number of aliphatic carboxylic acids is 1. The molecule has 1 aliphatic rings. The van der Waals surface area contributed by atoms with Gasteiger partial charge in [-0.1, -0.05) is 19.3 Å². The largest absolute Gasteiger partial charge is 0.480 e. The number of carbonyl (C=O) groups is 1. The third kappa shape index (κ3) is 1.65. The molecule has 0 amide bonds. The Balaban J connectivity index is 2.64. The minimum absolute atomic E-state index is 0.645. The molecule has 0 atom stereocenters. The normalized spacial score (nSPS) is 23.0. The van der Waals surface area contributed by atoms with Gasteiger partial charge in [0, 0.05) is 0 Å². The van der Waals surface area contributed by atoms with Crippen LogP contribution in [0.25, 0.3) is 0 Å². The maximum atomic E-state index is 10.8. The topological polar surface area (TPSA) is 49.3 Å². The smallest absolute Gasteiger partial charge is 0.325 e. The Morgan fingerprint density at radius 1 is 1.36 bits per heavy atom. The van der Waals surface area contributed by atoms with Gasteiger partial charge in [-0.25, -0.2) is 4.84 Å². The molecule has 1 fully saturated rings. The first-order valence-electron chi connectivity index (χ1n) is 3.82. The van der Waals surface area contributed by atoms with Crippen LogP contribution in [-0.2, 0) is 4.79 Å². The third-order valence-corrected chi connectivity index (χ3v) is 2.66. The van der Waals surface area contributed by atoms with Crippen molar-refractivity contribution >= 4 is 17.7 Å². The summed E-state index contributed by atoms with van der Waals surface area (Å²) in [6.07, 6.45) is 4.31. The molecule has 0 spiro atoms. The van der Waals surface area contributed by atoms with E-state index in [0.29, 0.717) is 12.8 Å². The second kappa shape index (κ2) is 3.41. The fraction of sp³-hybridized carbons (Fsp3) is 0.857. The Morgan fingerprint density at radius 3 is 2.18 bits per heavy atom. The number of carboxylic acids is 1. The second-order valence-corrected chi connectivity index (χ2v) is 3.23. The second-order valence-electron chi connectivity index (χ2n) is 3.04. The van der Waals surface area contributed by atoms with Gasteiger partial charge in [0.1, 0.15) is 5.54 Å². The molecule has 0 aromatic rings.